The first-order valence-electron chi connectivity index (χ1n) is 10.5. The summed E-state index contributed by atoms with van der Waals surface area (Å²) in [4.78, 5) is 4.75. The zero-order valence-corrected chi connectivity index (χ0v) is 20.5. The normalized spacial score (nSPS) is 15.3. The minimum atomic E-state index is -0.224. The Labute approximate surface area is 204 Å². The van der Waals surface area contributed by atoms with E-state index in [1.165, 1.54) is 12.1 Å². The maximum Gasteiger partial charge on any atom is 0.192 e. The zero-order chi connectivity index (χ0) is 21.6. The van der Waals surface area contributed by atoms with Gasteiger partial charge in [0.15, 0.2) is 11.8 Å². The second kappa shape index (κ2) is 11.3. The summed E-state index contributed by atoms with van der Waals surface area (Å²) in [5, 5.41) is 15.3. The maximum absolute atomic E-state index is 13.1. The second-order valence-electron chi connectivity index (χ2n) is 7.56. The Morgan fingerprint density at radius 2 is 1.97 bits per heavy atom. The summed E-state index contributed by atoms with van der Waals surface area (Å²) in [5.74, 6) is 3.02. The van der Waals surface area contributed by atoms with Gasteiger partial charge < -0.3 is 19.9 Å². The van der Waals surface area contributed by atoms with Crippen LogP contribution in [0.15, 0.2) is 53.5 Å². The molecule has 9 heteroatoms. The number of halogens is 2. The smallest absolute Gasteiger partial charge is 0.192 e. The van der Waals surface area contributed by atoms with Gasteiger partial charge in [-0.05, 0) is 37.1 Å². The molecule has 32 heavy (non-hydrogen) atoms. The van der Waals surface area contributed by atoms with Crippen LogP contribution in [0.2, 0.25) is 0 Å². The van der Waals surface area contributed by atoms with Gasteiger partial charge in [-0.2, -0.15) is 0 Å². The average molecular weight is 550 g/mol. The van der Waals surface area contributed by atoms with E-state index in [0.717, 1.165) is 41.4 Å². The number of rotatable bonds is 6. The Kier molecular flexibility index (Phi) is 8.43. The molecule has 170 valence electrons. The van der Waals surface area contributed by atoms with E-state index in [0.29, 0.717) is 25.7 Å². The van der Waals surface area contributed by atoms with Gasteiger partial charge in [-0.25, -0.2) is 9.38 Å². The van der Waals surface area contributed by atoms with Crippen molar-refractivity contribution in [2.45, 2.75) is 32.4 Å². The topological polar surface area (TPSA) is 76.4 Å². The molecule has 2 aromatic carbocycles. The monoisotopic (exact) mass is 550 g/mol. The van der Waals surface area contributed by atoms with Crippen LogP contribution in [0.4, 0.5) is 4.39 Å². The number of aryl methyl sites for hydroxylation is 1. The largest absolute Gasteiger partial charge is 0.493 e. The van der Waals surface area contributed by atoms with E-state index in [-0.39, 0.29) is 35.8 Å². The van der Waals surface area contributed by atoms with E-state index in [1.54, 1.807) is 12.1 Å². The van der Waals surface area contributed by atoms with Gasteiger partial charge in [-0.1, -0.05) is 30.3 Å². The van der Waals surface area contributed by atoms with Crippen LogP contribution in [0.3, 0.4) is 0 Å². The lowest BCUT2D eigenvalue weighted by Gasteiger charge is -2.28. The number of hydrogen-bond acceptors (Lipinski definition) is 4. The molecule has 1 aliphatic rings. The molecule has 1 aliphatic heterocycles. The number of benzene rings is 2. The Morgan fingerprint density at radius 3 is 2.72 bits per heavy atom. The fourth-order valence-electron chi connectivity index (χ4n) is 3.52. The standard InChI is InChI=1S/C23H27FN6O.HI/c1-16-28-29-22(30(16)2)15-26-23(25-13-11-17-7-9-18(24)10-8-17)27-20-12-14-31-21-6-4-3-5-19(20)21;/h3-10,20H,11-15H2,1-2H3,(H2,25,26,27);1H. The van der Waals surface area contributed by atoms with Crippen LogP contribution in [0, 0.1) is 12.7 Å². The van der Waals surface area contributed by atoms with Crippen molar-refractivity contribution in [2.75, 3.05) is 13.2 Å². The van der Waals surface area contributed by atoms with Gasteiger partial charge in [0.05, 0.1) is 12.6 Å². The van der Waals surface area contributed by atoms with Crippen molar-refractivity contribution in [3.8, 4) is 5.75 Å². The van der Waals surface area contributed by atoms with Gasteiger partial charge in [-0.3, -0.25) is 0 Å². The first-order valence-corrected chi connectivity index (χ1v) is 10.5. The SMILES string of the molecule is Cc1nnc(CN=C(NCCc2ccc(F)cc2)NC2CCOc3ccccc32)n1C.I. The van der Waals surface area contributed by atoms with Crippen molar-refractivity contribution in [2.24, 2.45) is 12.0 Å². The zero-order valence-electron chi connectivity index (χ0n) is 18.2. The highest BCUT2D eigenvalue weighted by atomic mass is 127. The van der Waals surface area contributed by atoms with Crippen LogP contribution >= 0.6 is 24.0 Å². The number of aromatic nitrogens is 3. The highest BCUT2D eigenvalue weighted by Gasteiger charge is 2.22. The highest BCUT2D eigenvalue weighted by Crippen LogP contribution is 2.31. The van der Waals surface area contributed by atoms with Gasteiger partial charge in [0.25, 0.3) is 0 Å². The van der Waals surface area contributed by atoms with Crippen molar-refractivity contribution in [3.63, 3.8) is 0 Å². The van der Waals surface area contributed by atoms with Gasteiger partial charge in [-0.15, -0.1) is 34.2 Å². The number of fused-ring (bicyclic) bond motifs is 1. The summed E-state index contributed by atoms with van der Waals surface area (Å²) in [6.07, 6.45) is 1.60. The molecule has 7 nitrogen and oxygen atoms in total. The van der Waals surface area contributed by atoms with Crippen molar-refractivity contribution in [1.29, 1.82) is 0 Å². The number of nitrogens with one attached hydrogen (secondary N) is 2. The van der Waals surface area contributed by atoms with Crippen LogP contribution in [0.1, 0.15) is 35.2 Å². The lowest BCUT2D eigenvalue weighted by molar-refractivity contribution is 0.261. The molecule has 2 heterocycles. The van der Waals surface area contributed by atoms with Crippen LogP contribution < -0.4 is 15.4 Å². The molecule has 1 atom stereocenters. The van der Waals surface area contributed by atoms with Crippen LogP contribution in [-0.4, -0.2) is 33.9 Å². The molecule has 0 amide bonds. The lowest BCUT2D eigenvalue weighted by Crippen LogP contribution is -2.42. The number of guanidine groups is 1. The van der Waals surface area contributed by atoms with Crippen molar-refractivity contribution >= 4 is 29.9 Å². The summed E-state index contributed by atoms with van der Waals surface area (Å²) >= 11 is 0. The quantitative estimate of drug-likeness (QED) is 0.278. The van der Waals surface area contributed by atoms with Crippen molar-refractivity contribution < 1.29 is 9.13 Å². The van der Waals surface area contributed by atoms with Crippen molar-refractivity contribution in [1.82, 2.24) is 25.4 Å². The molecule has 0 fully saturated rings. The Morgan fingerprint density at radius 1 is 1.19 bits per heavy atom. The first kappa shape index (κ1) is 24.0. The van der Waals surface area contributed by atoms with Crippen molar-refractivity contribution in [3.05, 3.63) is 77.1 Å². The Hall–Kier alpha value is -2.69. The minimum Gasteiger partial charge on any atom is -0.493 e. The molecule has 1 aromatic heterocycles. The second-order valence-corrected chi connectivity index (χ2v) is 7.56. The van der Waals surface area contributed by atoms with Crippen LogP contribution in [0.25, 0.3) is 0 Å². The molecule has 4 rings (SSSR count). The third-order valence-corrected chi connectivity index (χ3v) is 5.45. The number of hydrogen-bond donors (Lipinski definition) is 2. The molecular formula is C23H28FIN6O. The predicted molar refractivity (Wildman–Crippen MR) is 133 cm³/mol. The van der Waals surface area contributed by atoms with E-state index in [9.17, 15) is 4.39 Å². The first-order chi connectivity index (χ1) is 15.1. The Bertz CT molecular complexity index is 1050. The van der Waals surface area contributed by atoms with E-state index in [1.807, 2.05) is 36.7 Å². The van der Waals surface area contributed by atoms with E-state index in [2.05, 4.69) is 26.9 Å². The number of aliphatic imine (C=N–C) groups is 1. The molecule has 0 spiro atoms. The molecule has 1 unspecified atom stereocenters. The fraction of sp³-hybridized carbons (Fsp3) is 0.348. The van der Waals surface area contributed by atoms with E-state index in [4.69, 9.17) is 9.73 Å². The Balaban J connectivity index is 0.00000289. The summed E-state index contributed by atoms with van der Waals surface area (Å²) < 4.78 is 20.9. The molecule has 0 bridgehead atoms. The molecule has 3 aromatic rings. The molecule has 0 aliphatic carbocycles. The predicted octanol–water partition coefficient (Wildman–Crippen LogP) is 3.68. The average Bonchev–Trinajstić information content (AvgIpc) is 3.11. The van der Waals surface area contributed by atoms with Gasteiger partial charge in [0.1, 0.15) is 23.9 Å². The molecule has 0 radical (unpaired) electrons. The summed E-state index contributed by atoms with van der Waals surface area (Å²) in [7, 11) is 1.93. The van der Waals surface area contributed by atoms with Crippen LogP contribution in [0.5, 0.6) is 5.75 Å². The van der Waals surface area contributed by atoms with Crippen LogP contribution in [-0.2, 0) is 20.0 Å². The molecule has 0 saturated carbocycles. The third-order valence-electron chi connectivity index (χ3n) is 5.45. The number of para-hydroxylation sites is 1. The lowest BCUT2D eigenvalue weighted by atomic mass is 10.0. The van der Waals surface area contributed by atoms with E-state index >= 15 is 0 Å². The maximum atomic E-state index is 13.1. The molecular weight excluding hydrogens is 522 g/mol. The van der Waals surface area contributed by atoms with Gasteiger partial charge >= 0.3 is 0 Å². The van der Waals surface area contributed by atoms with Gasteiger partial charge in [0.2, 0.25) is 0 Å². The number of nitrogens with zero attached hydrogens (tertiary/aromatic N) is 4. The summed E-state index contributed by atoms with van der Waals surface area (Å²) in [6, 6.07) is 14.7. The third kappa shape index (κ3) is 5.96. The molecule has 2 N–H and O–H groups in total. The minimum absolute atomic E-state index is 0. The highest BCUT2D eigenvalue weighted by molar-refractivity contribution is 14.0. The fourth-order valence-corrected chi connectivity index (χ4v) is 3.52. The number of ether oxygens (including phenoxy) is 1. The van der Waals surface area contributed by atoms with Gasteiger partial charge in [0, 0.05) is 25.6 Å². The molecule has 0 saturated heterocycles. The van der Waals surface area contributed by atoms with E-state index < -0.39 is 0 Å². The summed E-state index contributed by atoms with van der Waals surface area (Å²) in [5.41, 5.74) is 2.19. The summed E-state index contributed by atoms with van der Waals surface area (Å²) in [6.45, 7) is 3.65.